The molecule has 1 aromatic carbocycles. The summed E-state index contributed by atoms with van der Waals surface area (Å²) in [5.74, 6) is -1.39. The van der Waals surface area contributed by atoms with Crippen LogP contribution in [0.25, 0.3) is 0 Å². The number of benzene rings is 1. The van der Waals surface area contributed by atoms with Gasteiger partial charge in [0.2, 0.25) is 0 Å². The third-order valence-electron chi connectivity index (χ3n) is 4.79. The first-order valence-corrected chi connectivity index (χ1v) is 8.46. The Bertz CT molecular complexity index is 846. The van der Waals surface area contributed by atoms with Gasteiger partial charge in [-0.25, -0.2) is 13.8 Å². The van der Waals surface area contributed by atoms with Crippen molar-refractivity contribution in [2.75, 3.05) is 26.9 Å². The van der Waals surface area contributed by atoms with E-state index >= 15 is 0 Å². The first-order valence-electron chi connectivity index (χ1n) is 8.46. The SMILES string of the molecule is COc1c(F)ccc(C(=O)N2CCc3oc(C4CCOC4)nc3C2)c1F. The molecule has 2 aliphatic rings. The summed E-state index contributed by atoms with van der Waals surface area (Å²) in [6.07, 6.45) is 1.37. The number of oxazole rings is 1. The lowest BCUT2D eigenvalue weighted by Gasteiger charge is -2.25. The van der Waals surface area contributed by atoms with Gasteiger partial charge < -0.3 is 18.8 Å². The predicted octanol–water partition coefficient (Wildman–Crippen LogP) is 2.66. The zero-order valence-corrected chi connectivity index (χ0v) is 14.3. The Morgan fingerprint density at radius 3 is 2.96 bits per heavy atom. The van der Waals surface area contributed by atoms with Gasteiger partial charge in [-0.3, -0.25) is 4.79 Å². The van der Waals surface area contributed by atoms with E-state index in [2.05, 4.69) is 4.98 Å². The predicted molar refractivity (Wildman–Crippen MR) is 86.0 cm³/mol. The summed E-state index contributed by atoms with van der Waals surface area (Å²) < 4.78 is 43.8. The first-order chi connectivity index (χ1) is 12.6. The Kier molecular flexibility index (Phi) is 4.36. The van der Waals surface area contributed by atoms with Crippen LogP contribution in [-0.2, 0) is 17.7 Å². The quantitative estimate of drug-likeness (QED) is 0.838. The van der Waals surface area contributed by atoms with Crippen molar-refractivity contribution in [3.05, 3.63) is 46.7 Å². The highest BCUT2D eigenvalue weighted by Gasteiger charge is 2.31. The van der Waals surface area contributed by atoms with Gasteiger partial charge in [-0.15, -0.1) is 0 Å². The molecule has 3 heterocycles. The number of fused-ring (bicyclic) bond motifs is 1. The molecule has 1 fully saturated rings. The summed E-state index contributed by atoms with van der Waals surface area (Å²) in [7, 11) is 1.16. The van der Waals surface area contributed by atoms with Crippen molar-refractivity contribution in [1.29, 1.82) is 0 Å². The van der Waals surface area contributed by atoms with Crippen molar-refractivity contribution in [1.82, 2.24) is 9.88 Å². The van der Waals surface area contributed by atoms with Crippen molar-refractivity contribution >= 4 is 5.91 Å². The van der Waals surface area contributed by atoms with E-state index in [9.17, 15) is 13.6 Å². The van der Waals surface area contributed by atoms with E-state index in [1.807, 2.05) is 0 Å². The average Bonchev–Trinajstić information content (AvgIpc) is 3.30. The number of halogens is 2. The maximum atomic E-state index is 14.4. The molecule has 0 saturated carbocycles. The Morgan fingerprint density at radius 1 is 1.38 bits per heavy atom. The highest BCUT2D eigenvalue weighted by molar-refractivity contribution is 5.95. The van der Waals surface area contributed by atoms with Crippen molar-refractivity contribution in [3.63, 3.8) is 0 Å². The van der Waals surface area contributed by atoms with E-state index in [1.54, 1.807) is 0 Å². The summed E-state index contributed by atoms with van der Waals surface area (Å²) >= 11 is 0. The molecule has 6 nitrogen and oxygen atoms in total. The molecule has 4 rings (SSSR count). The number of amides is 1. The number of carbonyl (C=O) groups is 1. The normalized spacial score (nSPS) is 19.5. The fourth-order valence-electron chi connectivity index (χ4n) is 3.35. The van der Waals surface area contributed by atoms with Crippen LogP contribution in [0.1, 0.15) is 40.0 Å². The van der Waals surface area contributed by atoms with Crippen LogP contribution in [0, 0.1) is 11.6 Å². The first kappa shape index (κ1) is 17.0. The second-order valence-electron chi connectivity index (χ2n) is 6.40. The molecule has 1 saturated heterocycles. The topological polar surface area (TPSA) is 64.8 Å². The van der Waals surface area contributed by atoms with Gasteiger partial charge in [0.05, 0.1) is 31.7 Å². The highest BCUT2D eigenvalue weighted by Crippen LogP contribution is 2.30. The largest absolute Gasteiger partial charge is 0.491 e. The minimum absolute atomic E-state index is 0.142. The van der Waals surface area contributed by atoms with Crippen LogP contribution in [0.5, 0.6) is 5.75 Å². The van der Waals surface area contributed by atoms with Crippen molar-refractivity contribution in [2.45, 2.75) is 25.3 Å². The summed E-state index contributed by atoms with van der Waals surface area (Å²) in [5, 5.41) is 0. The fourth-order valence-corrected chi connectivity index (χ4v) is 3.35. The van der Waals surface area contributed by atoms with E-state index in [-0.39, 0.29) is 18.0 Å². The van der Waals surface area contributed by atoms with Gasteiger partial charge in [-0.2, -0.15) is 0 Å². The zero-order chi connectivity index (χ0) is 18.3. The third kappa shape index (κ3) is 2.84. The number of hydrogen-bond acceptors (Lipinski definition) is 5. The van der Waals surface area contributed by atoms with Gasteiger partial charge in [0.25, 0.3) is 5.91 Å². The van der Waals surface area contributed by atoms with Crippen LogP contribution in [-0.4, -0.2) is 42.7 Å². The van der Waals surface area contributed by atoms with Crippen molar-refractivity contribution < 1.29 is 27.5 Å². The smallest absolute Gasteiger partial charge is 0.257 e. The number of aromatic nitrogens is 1. The van der Waals surface area contributed by atoms with Crippen molar-refractivity contribution in [2.24, 2.45) is 0 Å². The van der Waals surface area contributed by atoms with Crippen LogP contribution in [0.4, 0.5) is 8.78 Å². The lowest BCUT2D eigenvalue weighted by atomic mass is 10.1. The second kappa shape index (κ2) is 6.68. The molecule has 138 valence electrons. The van der Waals surface area contributed by atoms with Crippen LogP contribution < -0.4 is 4.74 Å². The monoisotopic (exact) mass is 364 g/mol. The number of methoxy groups -OCH3 is 1. The van der Waals surface area contributed by atoms with Gasteiger partial charge in [0.15, 0.2) is 23.3 Å². The van der Waals surface area contributed by atoms with E-state index < -0.39 is 23.3 Å². The Labute approximate surface area is 148 Å². The van der Waals surface area contributed by atoms with Gasteiger partial charge >= 0.3 is 0 Å². The molecule has 0 spiro atoms. The molecule has 26 heavy (non-hydrogen) atoms. The molecule has 0 bridgehead atoms. The Balaban J connectivity index is 1.56. The molecule has 1 amide bonds. The van der Waals surface area contributed by atoms with E-state index in [0.717, 1.165) is 31.4 Å². The maximum absolute atomic E-state index is 14.4. The molecular weight excluding hydrogens is 346 g/mol. The standard InChI is InChI=1S/C18H18F2N2O4/c1-24-16-12(19)3-2-11(15(16)20)18(23)22-6-4-14-13(8-22)21-17(26-14)10-5-7-25-9-10/h2-3,10H,4-9H2,1H3. The van der Waals surface area contributed by atoms with Gasteiger partial charge in [0, 0.05) is 19.6 Å². The molecule has 0 radical (unpaired) electrons. The molecule has 1 aromatic heterocycles. The van der Waals surface area contributed by atoms with Gasteiger partial charge in [-0.05, 0) is 18.6 Å². The molecule has 2 aromatic rings. The van der Waals surface area contributed by atoms with Crippen molar-refractivity contribution in [3.8, 4) is 5.75 Å². The Hall–Kier alpha value is -2.48. The molecular formula is C18H18F2N2O4. The fraction of sp³-hybridized carbons (Fsp3) is 0.444. The van der Waals surface area contributed by atoms with Gasteiger partial charge in [-0.1, -0.05) is 0 Å². The molecule has 2 aliphatic heterocycles. The van der Waals surface area contributed by atoms with E-state index in [4.69, 9.17) is 13.9 Å². The number of nitrogens with zero attached hydrogens (tertiary/aromatic N) is 2. The maximum Gasteiger partial charge on any atom is 0.257 e. The molecule has 0 N–H and O–H groups in total. The third-order valence-corrected chi connectivity index (χ3v) is 4.79. The van der Waals surface area contributed by atoms with Crippen LogP contribution in [0.15, 0.2) is 16.5 Å². The van der Waals surface area contributed by atoms with Crippen LogP contribution >= 0.6 is 0 Å². The second-order valence-corrected chi connectivity index (χ2v) is 6.40. The Morgan fingerprint density at radius 2 is 2.23 bits per heavy atom. The summed E-state index contributed by atoms with van der Waals surface area (Å²) in [5.41, 5.74) is 0.459. The molecule has 0 aliphatic carbocycles. The zero-order valence-electron chi connectivity index (χ0n) is 14.3. The summed E-state index contributed by atoms with van der Waals surface area (Å²) in [6, 6.07) is 2.16. The van der Waals surface area contributed by atoms with Crippen LogP contribution in [0.2, 0.25) is 0 Å². The summed E-state index contributed by atoms with van der Waals surface area (Å²) in [6.45, 7) is 1.88. The highest BCUT2D eigenvalue weighted by atomic mass is 19.1. The minimum Gasteiger partial charge on any atom is -0.491 e. The molecule has 8 heteroatoms. The molecule has 1 atom stereocenters. The lowest BCUT2D eigenvalue weighted by Crippen LogP contribution is -2.36. The minimum atomic E-state index is -0.993. The lowest BCUT2D eigenvalue weighted by molar-refractivity contribution is 0.0722. The van der Waals surface area contributed by atoms with E-state index in [1.165, 1.54) is 4.90 Å². The average molecular weight is 364 g/mol. The number of ether oxygens (including phenoxy) is 2. The van der Waals surface area contributed by atoms with E-state index in [0.29, 0.717) is 37.8 Å². The summed E-state index contributed by atoms with van der Waals surface area (Å²) in [4.78, 5) is 18.7. The number of hydrogen-bond donors (Lipinski definition) is 0. The number of carbonyl (C=O) groups excluding carboxylic acids is 1. The van der Waals surface area contributed by atoms with Crippen LogP contribution in [0.3, 0.4) is 0 Å². The number of rotatable bonds is 3. The van der Waals surface area contributed by atoms with Gasteiger partial charge in [0.1, 0.15) is 11.5 Å². The molecule has 1 unspecified atom stereocenters.